The van der Waals surface area contributed by atoms with Gasteiger partial charge in [0.15, 0.2) is 6.04 Å². The van der Waals surface area contributed by atoms with Crippen LogP contribution in [0.4, 0.5) is 0 Å². The van der Waals surface area contributed by atoms with Gasteiger partial charge in [-0.05, 0) is 12.3 Å². The van der Waals surface area contributed by atoms with E-state index in [1.165, 1.54) is 0 Å². The largest absolute Gasteiger partial charge is 0.548 e. The molecule has 0 saturated heterocycles. The molecule has 24 heavy (non-hydrogen) atoms. The Morgan fingerprint density at radius 1 is 1.00 bits per heavy atom. The third-order valence-electron chi connectivity index (χ3n) is 3.67. The maximum Gasteiger partial charge on any atom is 0.279 e. The van der Waals surface area contributed by atoms with Crippen LogP contribution in [0.2, 0.25) is 0 Å². The van der Waals surface area contributed by atoms with Crippen molar-refractivity contribution in [3.8, 4) is 0 Å². The number of carbonyl (C=O) groups is 4. The molecule has 0 unspecified atom stereocenters. The highest BCUT2D eigenvalue weighted by Gasteiger charge is 2.30. The molecule has 0 fully saturated rings. The molecule has 0 saturated carbocycles. The van der Waals surface area contributed by atoms with Crippen LogP contribution in [-0.2, 0) is 19.2 Å². The van der Waals surface area contributed by atoms with Gasteiger partial charge in [-0.15, -0.1) is 0 Å². The number of amides is 3. The molecular weight excluding hydrogens is 316 g/mol. The molecule has 138 valence electrons. The number of rotatable bonds is 10. The molecule has 0 rings (SSSR count). The van der Waals surface area contributed by atoms with Crippen molar-refractivity contribution >= 4 is 23.7 Å². The number of nitrogens with two attached hydrogens (primary N) is 1. The van der Waals surface area contributed by atoms with Gasteiger partial charge in [0.05, 0.1) is 12.0 Å². The fourth-order valence-corrected chi connectivity index (χ4v) is 1.90. The number of carbonyl (C=O) groups excluding carboxylic acids is 4. The molecule has 0 aliphatic carbocycles. The molecular formula is C15H28N4O5. The van der Waals surface area contributed by atoms with Crippen LogP contribution in [0.5, 0.6) is 0 Å². The van der Waals surface area contributed by atoms with Gasteiger partial charge in [-0.1, -0.05) is 27.7 Å². The molecule has 3 amide bonds. The predicted molar refractivity (Wildman–Crippen MR) is 83.6 cm³/mol. The van der Waals surface area contributed by atoms with Crippen molar-refractivity contribution in [2.75, 3.05) is 0 Å². The molecule has 9 heteroatoms. The van der Waals surface area contributed by atoms with E-state index in [0.717, 1.165) is 0 Å². The molecule has 0 aliphatic heterocycles. The maximum atomic E-state index is 12.3. The van der Waals surface area contributed by atoms with E-state index in [-0.39, 0.29) is 30.6 Å². The van der Waals surface area contributed by atoms with Crippen LogP contribution in [0.25, 0.3) is 0 Å². The monoisotopic (exact) mass is 344 g/mol. The Kier molecular flexibility index (Phi) is 8.97. The molecule has 0 bridgehead atoms. The summed E-state index contributed by atoms with van der Waals surface area (Å²) in [6.07, 6.45) is -0.377. The number of carboxylic acids is 1. The minimum absolute atomic E-state index is 0.00703. The fourth-order valence-electron chi connectivity index (χ4n) is 1.90. The van der Waals surface area contributed by atoms with Gasteiger partial charge in [0.25, 0.3) is 5.91 Å². The van der Waals surface area contributed by atoms with Crippen molar-refractivity contribution in [3.63, 3.8) is 0 Å². The number of hydrogen-bond acceptors (Lipinski definition) is 5. The van der Waals surface area contributed by atoms with E-state index in [1.54, 1.807) is 13.8 Å². The van der Waals surface area contributed by atoms with Crippen molar-refractivity contribution < 1.29 is 30.0 Å². The Morgan fingerprint density at radius 3 is 1.92 bits per heavy atom. The lowest BCUT2D eigenvalue weighted by atomic mass is 9.99. The topological polar surface area (TPSA) is 169 Å². The normalized spacial score (nSPS) is 14.8. The van der Waals surface area contributed by atoms with E-state index in [4.69, 9.17) is 5.73 Å². The molecule has 0 aromatic carbocycles. The minimum atomic E-state index is -1.52. The lowest BCUT2D eigenvalue weighted by Crippen LogP contribution is -2.71. The van der Waals surface area contributed by atoms with Gasteiger partial charge in [0.2, 0.25) is 11.8 Å². The van der Waals surface area contributed by atoms with Crippen molar-refractivity contribution in [3.05, 3.63) is 0 Å². The lowest BCUT2D eigenvalue weighted by molar-refractivity contribution is -0.414. The molecule has 0 aromatic rings. The fraction of sp³-hybridized carbons (Fsp3) is 0.733. The third-order valence-corrected chi connectivity index (χ3v) is 3.67. The second kappa shape index (κ2) is 9.86. The Morgan fingerprint density at radius 2 is 1.54 bits per heavy atom. The summed E-state index contributed by atoms with van der Waals surface area (Å²) in [5.41, 5.74) is 8.73. The zero-order chi connectivity index (χ0) is 19.0. The molecule has 0 heterocycles. The molecule has 9 nitrogen and oxygen atoms in total. The van der Waals surface area contributed by atoms with Crippen LogP contribution >= 0.6 is 0 Å². The van der Waals surface area contributed by atoms with Crippen LogP contribution in [-0.4, -0.2) is 41.8 Å². The quantitative estimate of drug-likeness (QED) is 0.328. The zero-order valence-electron chi connectivity index (χ0n) is 14.6. The van der Waals surface area contributed by atoms with E-state index < -0.39 is 35.9 Å². The van der Waals surface area contributed by atoms with E-state index in [9.17, 15) is 24.3 Å². The second-order valence-electron chi connectivity index (χ2n) is 6.47. The SMILES string of the molecule is CC(C)[C@H]([NH3+])C(=O)N[C@H](C(=O)N[C@@H](CCC(N)=O)C(=O)[O-])C(C)C. The number of hydrogen-bond donors (Lipinski definition) is 4. The van der Waals surface area contributed by atoms with Crippen LogP contribution in [0.1, 0.15) is 40.5 Å². The van der Waals surface area contributed by atoms with Gasteiger partial charge in [-0.3, -0.25) is 14.4 Å². The van der Waals surface area contributed by atoms with Crippen molar-refractivity contribution in [2.45, 2.75) is 58.7 Å². The first-order chi connectivity index (χ1) is 11.0. The first-order valence-electron chi connectivity index (χ1n) is 7.90. The van der Waals surface area contributed by atoms with Gasteiger partial charge in [-0.2, -0.15) is 0 Å². The minimum Gasteiger partial charge on any atom is -0.548 e. The molecule has 7 N–H and O–H groups in total. The highest BCUT2D eigenvalue weighted by molar-refractivity contribution is 5.91. The standard InChI is InChI=1S/C15H28N4O5/c1-7(2)11(17)13(21)19-12(8(3)4)14(22)18-9(15(23)24)5-6-10(16)20/h7-9,11-12H,5-6,17H2,1-4H3,(H2,16,20)(H,18,22)(H,19,21)(H,23,24)/t9-,11-,12-/m0/s1. The summed E-state index contributed by atoms with van der Waals surface area (Å²) < 4.78 is 0. The highest BCUT2D eigenvalue weighted by Crippen LogP contribution is 2.06. The number of quaternary nitrogens is 1. The van der Waals surface area contributed by atoms with Crippen molar-refractivity contribution in [2.24, 2.45) is 17.6 Å². The number of carboxylic acid groups (broad SMARTS) is 1. The summed E-state index contributed by atoms with van der Waals surface area (Å²) in [7, 11) is 0. The lowest BCUT2D eigenvalue weighted by Gasteiger charge is -2.26. The predicted octanol–water partition coefficient (Wildman–Crippen LogP) is -3.11. The van der Waals surface area contributed by atoms with Crippen LogP contribution in [0, 0.1) is 11.8 Å². The maximum absolute atomic E-state index is 12.3. The Balaban J connectivity index is 4.97. The zero-order valence-corrected chi connectivity index (χ0v) is 14.6. The number of primary amides is 1. The van der Waals surface area contributed by atoms with Gasteiger partial charge in [0, 0.05) is 12.3 Å². The first kappa shape index (κ1) is 21.8. The highest BCUT2D eigenvalue weighted by atomic mass is 16.4. The first-order valence-corrected chi connectivity index (χ1v) is 7.90. The molecule has 0 radical (unpaired) electrons. The summed E-state index contributed by atoms with van der Waals surface area (Å²) >= 11 is 0. The number of aliphatic carboxylic acids is 1. The van der Waals surface area contributed by atoms with E-state index in [2.05, 4.69) is 16.4 Å². The number of nitrogens with one attached hydrogen (secondary N) is 2. The van der Waals surface area contributed by atoms with E-state index in [1.807, 2.05) is 13.8 Å². The third kappa shape index (κ3) is 7.40. The average molecular weight is 344 g/mol. The molecule has 0 aliphatic rings. The van der Waals surface area contributed by atoms with Gasteiger partial charge >= 0.3 is 0 Å². The molecule has 0 spiro atoms. The Labute approximate surface area is 141 Å². The van der Waals surface area contributed by atoms with Crippen molar-refractivity contribution in [1.29, 1.82) is 0 Å². The van der Waals surface area contributed by atoms with Crippen LogP contribution < -0.4 is 27.2 Å². The van der Waals surface area contributed by atoms with Crippen LogP contribution in [0.3, 0.4) is 0 Å². The molecule has 3 atom stereocenters. The Bertz CT molecular complexity index is 478. The van der Waals surface area contributed by atoms with Gasteiger partial charge < -0.3 is 32.0 Å². The van der Waals surface area contributed by atoms with Gasteiger partial charge in [0.1, 0.15) is 6.04 Å². The summed E-state index contributed by atoms with van der Waals surface area (Å²) in [6, 6.07) is -2.81. The van der Waals surface area contributed by atoms with E-state index >= 15 is 0 Å². The second-order valence-corrected chi connectivity index (χ2v) is 6.47. The Hall–Kier alpha value is -2.16. The van der Waals surface area contributed by atoms with Gasteiger partial charge in [-0.25, -0.2) is 0 Å². The average Bonchev–Trinajstić information content (AvgIpc) is 2.46. The summed E-state index contributed by atoms with van der Waals surface area (Å²) in [4.78, 5) is 46.3. The summed E-state index contributed by atoms with van der Waals surface area (Å²) in [5.74, 6) is -3.52. The van der Waals surface area contributed by atoms with Crippen LogP contribution in [0.15, 0.2) is 0 Å². The molecule has 0 aromatic heterocycles. The van der Waals surface area contributed by atoms with Crippen molar-refractivity contribution in [1.82, 2.24) is 10.6 Å². The summed E-state index contributed by atoms with van der Waals surface area (Å²) in [6.45, 7) is 7.10. The smallest absolute Gasteiger partial charge is 0.279 e. The van der Waals surface area contributed by atoms with E-state index in [0.29, 0.717) is 0 Å². The summed E-state index contributed by atoms with van der Waals surface area (Å²) in [5, 5.41) is 16.0.